The predicted molar refractivity (Wildman–Crippen MR) is 124 cm³/mol. The maximum absolute atomic E-state index is 13.6. The van der Waals surface area contributed by atoms with Gasteiger partial charge in [0.25, 0.3) is 5.92 Å². The molecule has 1 amide bonds. The first-order chi connectivity index (χ1) is 16.9. The van der Waals surface area contributed by atoms with Gasteiger partial charge in [-0.3, -0.25) is 10.1 Å². The average Bonchev–Trinajstić information content (AvgIpc) is 3.21. The number of nitrogens with zero attached hydrogens (tertiary/aromatic N) is 4. The summed E-state index contributed by atoms with van der Waals surface area (Å²) < 4.78 is 55.6. The summed E-state index contributed by atoms with van der Waals surface area (Å²) in [7, 11) is -4.04. The summed E-state index contributed by atoms with van der Waals surface area (Å²) in [6.07, 6.45) is 2.70. The van der Waals surface area contributed by atoms with E-state index in [9.17, 15) is 32.4 Å². The number of hydrogen-bond donors (Lipinski definition) is 2. The van der Waals surface area contributed by atoms with Crippen molar-refractivity contribution in [3.05, 3.63) is 41.7 Å². The number of benzene rings is 1. The number of carbonyl (C=O) groups excluding carboxylic acids is 1. The van der Waals surface area contributed by atoms with E-state index in [2.05, 4.69) is 16.5 Å². The molecule has 1 aromatic heterocycles. The number of aromatic nitrogens is 2. The van der Waals surface area contributed by atoms with Crippen LogP contribution < -0.4 is 5.32 Å². The lowest BCUT2D eigenvalue weighted by atomic mass is 9.91. The van der Waals surface area contributed by atoms with Crippen molar-refractivity contribution in [2.24, 2.45) is 11.8 Å². The van der Waals surface area contributed by atoms with Gasteiger partial charge < -0.3 is 10.0 Å². The maximum Gasteiger partial charge on any atom is 0.282 e. The van der Waals surface area contributed by atoms with Gasteiger partial charge in [0.15, 0.2) is 9.84 Å². The number of aliphatic hydroxyl groups is 1. The second kappa shape index (κ2) is 8.76. The molecule has 0 bridgehead atoms. The van der Waals surface area contributed by atoms with Crippen LogP contribution in [-0.4, -0.2) is 70.1 Å². The summed E-state index contributed by atoms with van der Waals surface area (Å²) in [5.41, 5.74) is -0.356. The third-order valence-electron chi connectivity index (χ3n) is 7.27. The van der Waals surface area contributed by atoms with Crippen LogP contribution in [0.1, 0.15) is 25.7 Å². The number of carbonyl (C=O) groups is 1. The molecule has 5 rings (SSSR count). The van der Waals surface area contributed by atoms with E-state index in [-0.39, 0.29) is 22.8 Å². The fourth-order valence-corrected chi connectivity index (χ4v) is 7.46. The Hall–Kier alpha value is -2.59. The summed E-state index contributed by atoms with van der Waals surface area (Å²) in [6.45, 7) is -1.47. The van der Waals surface area contributed by atoms with E-state index in [0.717, 1.165) is 4.90 Å². The van der Waals surface area contributed by atoms with Gasteiger partial charge in [-0.15, -0.1) is 0 Å². The first-order valence-corrected chi connectivity index (χ1v) is 13.4. The van der Waals surface area contributed by atoms with Crippen LogP contribution in [0.15, 0.2) is 41.6 Å². The third-order valence-corrected chi connectivity index (χ3v) is 9.92. The SMILES string of the molecule is N#CC1(NC(O)[C@@H]2C[C@@H](S(=O)(=O)c3ccc(-n4cccn4)cc3Cl)C[C@H]2C(=O)N2CC(F)(F)C2)CC1. The van der Waals surface area contributed by atoms with Crippen LogP contribution in [0.4, 0.5) is 8.78 Å². The highest BCUT2D eigenvalue weighted by Gasteiger charge is 2.55. The summed E-state index contributed by atoms with van der Waals surface area (Å²) in [5, 5.41) is 26.1. The van der Waals surface area contributed by atoms with Gasteiger partial charge in [0.05, 0.1) is 40.0 Å². The molecule has 0 spiro atoms. The van der Waals surface area contributed by atoms with Crippen LogP contribution in [0.3, 0.4) is 0 Å². The molecule has 3 fully saturated rings. The molecule has 0 radical (unpaired) electrons. The number of aliphatic hydroxyl groups excluding tert-OH is 1. The van der Waals surface area contributed by atoms with Gasteiger partial charge in [0.2, 0.25) is 5.91 Å². The monoisotopic (exact) mass is 539 g/mol. The minimum atomic E-state index is -4.04. The Kier molecular flexibility index (Phi) is 6.10. The van der Waals surface area contributed by atoms with Gasteiger partial charge in [-0.25, -0.2) is 21.9 Å². The standard InChI is InChI=1S/C23H24ClF2N5O4S/c24-18-8-14(31-7-1-6-28-31)2-3-19(18)36(34,35)15-9-16(20(32)29-22(11-27)4-5-22)17(10-15)21(33)30-12-23(25,26)13-30/h1-3,6-8,15-17,20,29,32H,4-5,9-10,12-13H2/t15-,16-,17-,20?/m1/s1. The highest BCUT2D eigenvalue weighted by molar-refractivity contribution is 7.92. The van der Waals surface area contributed by atoms with Gasteiger partial charge >= 0.3 is 0 Å². The van der Waals surface area contributed by atoms with Gasteiger partial charge in [-0.2, -0.15) is 10.4 Å². The van der Waals surface area contributed by atoms with Crippen molar-refractivity contribution in [2.75, 3.05) is 13.1 Å². The summed E-state index contributed by atoms with van der Waals surface area (Å²) >= 11 is 6.36. The smallest absolute Gasteiger partial charge is 0.282 e. The Balaban J connectivity index is 1.41. The van der Waals surface area contributed by atoms with E-state index in [1.54, 1.807) is 24.5 Å². The van der Waals surface area contributed by atoms with Crippen LogP contribution in [-0.2, 0) is 14.6 Å². The summed E-state index contributed by atoms with van der Waals surface area (Å²) in [4.78, 5) is 14.0. The quantitative estimate of drug-likeness (QED) is 0.516. The zero-order chi connectivity index (χ0) is 25.9. The van der Waals surface area contributed by atoms with E-state index in [1.165, 1.54) is 16.8 Å². The Morgan fingerprint density at radius 1 is 1.31 bits per heavy atom. The number of alkyl halides is 2. The highest BCUT2D eigenvalue weighted by Crippen LogP contribution is 2.45. The van der Waals surface area contributed by atoms with Crippen molar-refractivity contribution < 1.29 is 27.1 Å². The maximum atomic E-state index is 13.6. The van der Waals surface area contributed by atoms with Crippen LogP contribution in [0.25, 0.3) is 5.69 Å². The van der Waals surface area contributed by atoms with E-state index in [4.69, 9.17) is 11.6 Å². The number of sulfone groups is 1. The van der Waals surface area contributed by atoms with E-state index < -0.39 is 63.6 Å². The first kappa shape index (κ1) is 25.1. The molecule has 36 heavy (non-hydrogen) atoms. The molecule has 1 aromatic carbocycles. The van der Waals surface area contributed by atoms with Crippen molar-refractivity contribution in [1.29, 1.82) is 5.26 Å². The van der Waals surface area contributed by atoms with Crippen LogP contribution in [0.5, 0.6) is 0 Å². The van der Waals surface area contributed by atoms with Crippen molar-refractivity contribution in [1.82, 2.24) is 20.0 Å². The van der Waals surface area contributed by atoms with Crippen molar-refractivity contribution in [3.63, 3.8) is 0 Å². The lowest BCUT2D eigenvalue weighted by molar-refractivity contribution is -0.172. The van der Waals surface area contributed by atoms with Gasteiger partial charge in [-0.1, -0.05) is 11.6 Å². The summed E-state index contributed by atoms with van der Waals surface area (Å²) in [6, 6.07) is 8.20. The zero-order valence-electron chi connectivity index (χ0n) is 19.0. The Labute approximate surface area is 211 Å². The topological polar surface area (TPSA) is 128 Å². The summed E-state index contributed by atoms with van der Waals surface area (Å²) in [5.74, 6) is -5.47. The lowest BCUT2D eigenvalue weighted by Gasteiger charge is -2.41. The molecule has 1 saturated heterocycles. The van der Waals surface area contributed by atoms with Crippen LogP contribution in [0.2, 0.25) is 5.02 Å². The van der Waals surface area contributed by atoms with Gasteiger partial charge in [0, 0.05) is 24.2 Å². The predicted octanol–water partition coefficient (Wildman–Crippen LogP) is 2.14. The molecule has 13 heteroatoms. The van der Waals surface area contributed by atoms with Crippen LogP contribution in [0, 0.1) is 23.2 Å². The molecule has 4 atom stereocenters. The number of nitriles is 1. The van der Waals surface area contributed by atoms with Crippen molar-refractivity contribution >= 4 is 27.3 Å². The molecule has 9 nitrogen and oxygen atoms in total. The van der Waals surface area contributed by atoms with Gasteiger partial charge in [-0.05, 0) is 49.9 Å². The molecule has 1 aliphatic heterocycles. The molecule has 1 unspecified atom stereocenters. The number of hydrogen-bond acceptors (Lipinski definition) is 7. The Bertz CT molecular complexity index is 1320. The molecular formula is C23H24ClF2N5O4S. The molecule has 3 aliphatic rings. The lowest BCUT2D eigenvalue weighted by Crippen LogP contribution is -2.60. The molecule has 2 aliphatic carbocycles. The second-order valence-electron chi connectivity index (χ2n) is 9.81. The molecule has 2 saturated carbocycles. The normalized spacial score (nSPS) is 27.2. The number of halogens is 3. The first-order valence-electron chi connectivity index (χ1n) is 11.5. The molecule has 2 N–H and O–H groups in total. The Morgan fingerprint density at radius 2 is 2.03 bits per heavy atom. The number of amides is 1. The fraction of sp³-hybridized carbons (Fsp3) is 0.522. The number of nitrogens with one attached hydrogen (secondary N) is 1. The number of rotatable bonds is 7. The fourth-order valence-electron chi connectivity index (χ4n) is 5.08. The van der Waals surface area contributed by atoms with E-state index in [0.29, 0.717) is 18.5 Å². The average molecular weight is 540 g/mol. The number of likely N-dealkylation sites (tertiary alicyclic amines) is 1. The highest BCUT2D eigenvalue weighted by atomic mass is 35.5. The second-order valence-corrected chi connectivity index (χ2v) is 12.4. The Morgan fingerprint density at radius 3 is 2.58 bits per heavy atom. The molecular weight excluding hydrogens is 516 g/mol. The van der Waals surface area contributed by atoms with Gasteiger partial charge in [0.1, 0.15) is 11.8 Å². The molecule has 2 heterocycles. The zero-order valence-corrected chi connectivity index (χ0v) is 20.6. The van der Waals surface area contributed by atoms with Crippen molar-refractivity contribution in [3.8, 4) is 11.8 Å². The minimum absolute atomic E-state index is 0.0169. The minimum Gasteiger partial charge on any atom is -0.378 e. The third kappa shape index (κ3) is 4.49. The van der Waals surface area contributed by atoms with Crippen molar-refractivity contribution in [2.45, 2.75) is 53.5 Å². The molecule has 2 aromatic rings. The largest absolute Gasteiger partial charge is 0.378 e. The molecule has 192 valence electrons. The van der Waals surface area contributed by atoms with E-state index >= 15 is 0 Å². The van der Waals surface area contributed by atoms with E-state index in [1.807, 2.05) is 0 Å². The van der Waals surface area contributed by atoms with Crippen LogP contribution >= 0.6 is 11.6 Å².